The Morgan fingerprint density at radius 2 is 1.96 bits per heavy atom. The van der Waals surface area contributed by atoms with E-state index < -0.39 is 0 Å². The average Bonchev–Trinajstić information content (AvgIpc) is 2.67. The summed E-state index contributed by atoms with van der Waals surface area (Å²) < 4.78 is 17.4. The largest absolute Gasteiger partial charge is 0.490 e. The van der Waals surface area contributed by atoms with E-state index in [4.69, 9.17) is 14.2 Å². The highest BCUT2D eigenvalue weighted by Gasteiger charge is 2.23. The second-order valence-corrected chi connectivity index (χ2v) is 6.80. The molecule has 2 unspecified atom stereocenters. The minimum atomic E-state index is -0.381. The fourth-order valence-electron chi connectivity index (χ4n) is 3.23. The van der Waals surface area contributed by atoms with Gasteiger partial charge in [0.2, 0.25) is 0 Å². The Morgan fingerprint density at radius 3 is 2.67 bits per heavy atom. The highest BCUT2D eigenvalue weighted by atomic mass is 16.5. The van der Waals surface area contributed by atoms with Gasteiger partial charge >= 0.3 is 0 Å². The van der Waals surface area contributed by atoms with Gasteiger partial charge in [-0.25, -0.2) is 0 Å². The van der Waals surface area contributed by atoms with E-state index in [1.165, 1.54) is 0 Å². The number of likely N-dealkylation sites (N-methyl/N-ethyl adjacent to an activating group) is 1. The molecule has 2 atom stereocenters. The molecular formula is C22H27NO4. The monoisotopic (exact) mass is 369 g/mol. The van der Waals surface area contributed by atoms with Crippen LogP contribution in [0.1, 0.15) is 19.4 Å². The molecule has 3 rings (SSSR count). The third-order valence-electron chi connectivity index (χ3n) is 4.65. The maximum absolute atomic E-state index is 11.6. The number of ether oxygens (including phenoxy) is 3. The molecule has 0 fully saturated rings. The van der Waals surface area contributed by atoms with Crippen molar-refractivity contribution in [2.45, 2.75) is 32.5 Å². The number of carbonyl (C=O) groups is 1. The van der Waals surface area contributed by atoms with Crippen LogP contribution in [0.2, 0.25) is 0 Å². The highest BCUT2D eigenvalue weighted by molar-refractivity contribution is 5.80. The highest BCUT2D eigenvalue weighted by Crippen LogP contribution is 2.32. The van der Waals surface area contributed by atoms with Crippen molar-refractivity contribution < 1.29 is 19.0 Å². The van der Waals surface area contributed by atoms with Crippen LogP contribution in [0.5, 0.6) is 11.5 Å². The summed E-state index contributed by atoms with van der Waals surface area (Å²) >= 11 is 0. The summed E-state index contributed by atoms with van der Waals surface area (Å²) in [5.74, 6) is 1.73. The first-order chi connectivity index (χ1) is 13.1. The van der Waals surface area contributed by atoms with E-state index in [1.54, 1.807) is 6.92 Å². The zero-order chi connectivity index (χ0) is 19.2. The quantitative estimate of drug-likeness (QED) is 0.713. The molecule has 0 amide bonds. The second kappa shape index (κ2) is 8.91. The Morgan fingerprint density at radius 1 is 1.22 bits per heavy atom. The maximum Gasteiger partial charge on any atom is 0.158 e. The van der Waals surface area contributed by atoms with E-state index in [2.05, 4.69) is 18.0 Å². The number of hydrogen-bond donors (Lipinski definition) is 0. The topological polar surface area (TPSA) is 48.0 Å². The third kappa shape index (κ3) is 5.01. The van der Waals surface area contributed by atoms with Crippen molar-refractivity contribution >= 4 is 11.5 Å². The summed E-state index contributed by atoms with van der Waals surface area (Å²) in [7, 11) is 2.06. The van der Waals surface area contributed by atoms with E-state index >= 15 is 0 Å². The number of para-hydroxylation sites is 2. The summed E-state index contributed by atoms with van der Waals surface area (Å²) in [5.41, 5.74) is 2.16. The van der Waals surface area contributed by atoms with Gasteiger partial charge in [0.05, 0.1) is 12.2 Å². The first kappa shape index (κ1) is 19.2. The second-order valence-electron chi connectivity index (χ2n) is 6.80. The van der Waals surface area contributed by atoms with Crippen molar-refractivity contribution in [2.24, 2.45) is 0 Å². The van der Waals surface area contributed by atoms with Crippen molar-refractivity contribution in [1.82, 2.24) is 0 Å². The normalized spacial score (nSPS) is 17.0. The number of rotatable bonds is 8. The van der Waals surface area contributed by atoms with Gasteiger partial charge in [-0.3, -0.25) is 4.79 Å². The van der Waals surface area contributed by atoms with Crippen LogP contribution in [0, 0.1) is 0 Å². The predicted octanol–water partition coefficient (Wildman–Crippen LogP) is 3.50. The minimum Gasteiger partial charge on any atom is -0.490 e. The number of benzene rings is 2. The Labute approximate surface area is 160 Å². The summed E-state index contributed by atoms with van der Waals surface area (Å²) in [4.78, 5) is 13.8. The zero-order valence-corrected chi connectivity index (χ0v) is 16.2. The number of nitrogens with zero attached hydrogens (tertiary/aromatic N) is 1. The van der Waals surface area contributed by atoms with E-state index in [0.29, 0.717) is 19.6 Å². The van der Waals surface area contributed by atoms with Gasteiger partial charge in [0.1, 0.15) is 30.3 Å². The standard InChI is InChI=1S/C22H27NO4/c1-4-25-22(16(2)24)13-17-9-11-18(12-10-17)26-15-19-14-23(3)20-7-5-6-8-21(20)27-19/h5-12,19,22H,4,13-15H2,1-3H3. The molecule has 5 heteroatoms. The molecule has 0 radical (unpaired) electrons. The fourth-order valence-corrected chi connectivity index (χ4v) is 3.23. The summed E-state index contributed by atoms with van der Waals surface area (Å²) in [6, 6.07) is 15.8. The van der Waals surface area contributed by atoms with Gasteiger partial charge in [0.25, 0.3) is 0 Å². The Hall–Kier alpha value is -2.53. The van der Waals surface area contributed by atoms with E-state index in [9.17, 15) is 4.79 Å². The Bertz CT molecular complexity index is 759. The smallest absolute Gasteiger partial charge is 0.158 e. The molecule has 0 aromatic heterocycles. The van der Waals surface area contributed by atoms with Gasteiger partial charge in [-0.15, -0.1) is 0 Å². The fraction of sp³-hybridized carbons (Fsp3) is 0.409. The molecular weight excluding hydrogens is 342 g/mol. The van der Waals surface area contributed by atoms with Crippen molar-refractivity contribution in [2.75, 3.05) is 31.7 Å². The molecule has 0 spiro atoms. The van der Waals surface area contributed by atoms with Crippen molar-refractivity contribution in [3.8, 4) is 11.5 Å². The van der Waals surface area contributed by atoms with Gasteiger partial charge in [-0.1, -0.05) is 24.3 Å². The van der Waals surface area contributed by atoms with Crippen LogP contribution in [-0.4, -0.2) is 44.8 Å². The minimum absolute atomic E-state index is 0.0235. The van der Waals surface area contributed by atoms with Crippen LogP contribution in [0.15, 0.2) is 48.5 Å². The lowest BCUT2D eigenvalue weighted by Gasteiger charge is -2.33. The van der Waals surface area contributed by atoms with Crippen LogP contribution >= 0.6 is 0 Å². The first-order valence-corrected chi connectivity index (χ1v) is 9.37. The third-order valence-corrected chi connectivity index (χ3v) is 4.65. The summed E-state index contributed by atoms with van der Waals surface area (Å²) in [5, 5.41) is 0. The number of Topliss-reactive ketones (excluding diaryl/α,β-unsaturated/α-hetero) is 1. The molecule has 2 aromatic rings. The van der Waals surface area contributed by atoms with Gasteiger partial charge in [-0.2, -0.15) is 0 Å². The molecule has 0 aliphatic carbocycles. The molecule has 0 bridgehead atoms. The number of hydrogen-bond acceptors (Lipinski definition) is 5. The molecule has 0 N–H and O–H groups in total. The van der Waals surface area contributed by atoms with Crippen molar-refractivity contribution in [3.63, 3.8) is 0 Å². The van der Waals surface area contributed by atoms with Crippen LogP contribution in [0.3, 0.4) is 0 Å². The van der Waals surface area contributed by atoms with Crippen molar-refractivity contribution in [1.29, 1.82) is 0 Å². The van der Waals surface area contributed by atoms with E-state index in [0.717, 1.165) is 29.3 Å². The van der Waals surface area contributed by atoms with Gasteiger partial charge < -0.3 is 19.1 Å². The molecule has 0 saturated heterocycles. The molecule has 0 saturated carbocycles. The van der Waals surface area contributed by atoms with Crippen LogP contribution in [0.25, 0.3) is 0 Å². The van der Waals surface area contributed by atoms with Gasteiger partial charge in [-0.05, 0) is 43.7 Å². The van der Waals surface area contributed by atoms with E-state index in [-0.39, 0.29) is 18.0 Å². The lowest BCUT2D eigenvalue weighted by atomic mass is 10.1. The molecule has 1 aliphatic heterocycles. The lowest BCUT2D eigenvalue weighted by molar-refractivity contribution is -0.127. The maximum atomic E-state index is 11.6. The summed E-state index contributed by atoms with van der Waals surface area (Å²) in [6.45, 7) is 5.26. The van der Waals surface area contributed by atoms with Crippen LogP contribution in [0.4, 0.5) is 5.69 Å². The lowest BCUT2D eigenvalue weighted by Crippen LogP contribution is -2.41. The number of ketones is 1. The number of carbonyl (C=O) groups excluding carboxylic acids is 1. The predicted molar refractivity (Wildman–Crippen MR) is 106 cm³/mol. The molecule has 144 valence electrons. The SMILES string of the molecule is CCOC(Cc1ccc(OCC2CN(C)c3ccccc3O2)cc1)C(C)=O. The zero-order valence-electron chi connectivity index (χ0n) is 16.2. The molecule has 1 heterocycles. The number of fused-ring (bicyclic) bond motifs is 1. The van der Waals surface area contributed by atoms with Crippen molar-refractivity contribution in [3.05, 3.63) is 54.1 Å². The Balaban J connectivity index is 1.54. The molecule has 2 aromatic carbocycles. The average molecular weight is 369 g/mol. The molecule has 1 aliphatic rings. The van der Waals surface area contributed by atoms with Gasteiger partial charge in [0, 0.05) is 20.1 Å². The van der Waals surface area contributed by atoms with Gasteiger partial charge in [0.15, 0.2) is 5.78 Å². The van der Waals surface area contributed by atoms with E-state index in [1.807, 2.05) is 49.4 Å². The summed E-state index contributed by atoms with van der Waals surface area (Å²) in [6.07, 6.45) is 0.175. The first-order valence-electron chi connectivity index (χ1n) is 9.37. The molecule has 27 heavy (non-hydrogen) atoms. The van der Waals surface area contributed by atoms with Crippen LogP contribution in [-0.2, 0) is 16.0 Å². The molecule has 5 nitrogen and oxygen atoms in total. The Kier molecular flexibility index (Phi) is 6.35. The van der Waals surface area contributed by atoms with Crippen LogP contribution < -0.4 is 14.4 Å². The number of anilines is 1.